The van der Waals surface area contributed by atoms with Crippen molar-refractivity contribution in [3.8, 4) is 0 Å². The molecular formula is C15H21N5S. The average Bonchev–Trinajstić information content (AvgIpc) is 2.42. The maximum absolute atomic E-state index is 4.52. The molecule has 0 saturated heterocycles. The Bertz CT molecular complexity index is 619. The quantitative estimate of drug-likeness (QED) is 0.674. The molecule has 0 bridgehead atoms. The van der Waals surface area contributed by atoms with Gasteiger partial charge in [-0.25, -0.2) is 19.9 Å². The van der Waals surface area contributed by atoms with Gasteiger partial charge < -0.3 is 5.32 Å². The molecule has 0 atom stereocenters. The van der Waals surface area contributed by atoms with Crippen molar-refractivity contribution in [2.75, 3.05) is 11.9 Å². The van der Waals surface area contributed by atoms with Crippen molar-refractivity contribution in [2.45, 2.75) is 51.2 Å². The minimum atomic E-state index is 0.667. The Balaban J connectivity index is 2.24. The molecule has 21 heavy (non-hydrogen) atoms. The number of anilines is 1. The molecule has 2 heterocycles. The predicted octanol–water partition coefficient (Wildman–Crippen LogP) is 3.47. The summed E-state index contributed by atoms with van der Waals surface area (Å²) >= 11 is 1.47. The fourth-order valence-electron chi connectivity index (χ4n) is 1.79. The van der Waals surface area contributed by atoms with Gasteiger partial charge in [0.15, 0.2) is 5.16 Å². The average molecular weight is 303 g/mol. The maximum Gasteiger partial charge on any atom is 0.223 e. The van der Waals surface area contributed by atoms with Crippen LogP contribution >= 0.6 is 11.8 Å². The van der Waals surface area contributed by atoms with Gasteiger partial charge in [0.25, 0.3) is 0 Å². The van der Waals surface area contributed by atoms with Gasteiger partial charge in [0.05, 0.1) is 0 Å². The summed E-state index contributed by atoms with van der Waals surface area (Å²) in [7, 11) is 0. The first-order valence-electron chi connectivity index (χ1n) is 7.09. The van der Waals surface area contributed by atoms with Crippen LogP contribution in [0.25, 0.3) is 0 Å². The maximum atomic E-state index is 4.52. The zero-order valence-corrected chi connectivity index (χ0v) is 14.0. The summed E-state index contributed by atoms with van der Waals surface area (Å²) in [6.07, 6.45) is 1.04. The Morgan fingerprint density at radius 1 is 1.00 bits per heavy atom. The normalized spacial score (nSPS) is 10.7. The van der Waals surface area contributed by atoms with E-state index in [1.807, 2.05) is 33.8 Å². The van der Waals surface area contributed by atoms with E-state index in [1.54, 1.807) is 0 Å². The topological polar surface area (TPSA) is 63.6 Å². The number of hydrogen-bond acceptors (Lipinski definition) is 6. The van der Waals surface area contributed by atoms with Crippen LogP contribution in [0.4, 0.5) is 5.95 Å². The highest BCUT2D eigenvalue weighted by Crippen LogP contribution is 2.25. The molecule has 0 radical (unpaired) electrons. The smallest absolute Gasteiger partial charge is 0.223 e. The van der Waals surface area contributed by atoms with Crippen molar-refractivity contribution in [1.82, 2.24) is 19.9 Å². The van der Waals surface area contributed by atoms with Crippen molar-refractivity contribution in [2.24, 2.45) is 0 Å². The van der Waals surface area contributed by atoms with E-state index in [0.717, 1.165) is 45.8 Å². The van der Waals surface area contributed by atoms with Gasteiger partial charge in [0.1, 0.15) is 5.03 Å². The SMILES string of the molecule is CCCNc1nc(C)cc(Sc2nc(C)c(C)c(C)n2)n1. The third-order valence-electron chi connectivity index (χ3n) is 3.17. The van der Waals surface area contributed by atoms with Gasteiger partial charge in [-0.15, -0.1) is 0 Å². The molecule has 0 fully saturated rings. The second-order valence-corrected chi connectivity index (χ2v) is 5.99. The Morgan fingerprint density at radius 2 is 1.67 bits per heavy atom. The highest BCUT2D eigenvalue weighted by molar-refractivity contribution is 7.99. The zero-order valence-electron chi connectivity index (χ0n) is 13.2. The molecule has 0 aliphatic rings. The van der Waals surface area contributed by atoms with E-state index in [1.165, 1.54) is 11.8 Å². The van der Waals surface area contributed by atoms with Crippen LogP contribution in [0.15, 0.2) is 16.2 Å². The zero-order chi connectivity index (χ0) is 15.4. The summed E-state index contributed by atoms with van der Waals surface area (Å²) in [6.45, 7) is 11.0. The fourth-order valence-corrected chi connectivity index (χ4v) is 2.70. The summed E-state index contributed by atoms with van der Waals surface area (Å²) in [6, 6.07) is 1.95. The third kappa shape index (κ3) is 4.14. The van der Waals surface area contributed by atoms with Gasteiger partial charge in [-0.2, -0.15) is 0 Å². The van der Waals surface area contributed by atoms with Gasteiger partial charge in [-0.05, 0) is 57.5 Å². The van der Waals surface area contributed by atoms with Crippen molar-refractivity contribution in [3.05, 3.63) is 28.7 Å². The van der Waals surface area contributed by atoms with E-state index in [-0.39, 0.29) is 0 Å². The van der Waals surface area contributed by atoms with E-state index in [2.05, 4.69) is 32.2 Å². The van der Waals surface area contributed by atoms with Crippen LogP contribution in [0.2, 0.25) is 0 Å². The first-order valence-corrected chi connectivity index (χ1v) is 7.90. The number of aryl methyl sites for hydroxylation is 3. The molecule has 0 aliphatic carbocycles. The molecule has 2 aromatic rings. The standard InChI is InChI=1S/C15H21N5S/c1-6-7-16-14-17-9(2)8-13(20-14)21-15-18-11(4)10(3)12(5)19-15/h8H,6-7H2,1-5H3,(H,16,17,20). The van der Waals surface area contributed by atoms with Crippen LogP contribution < -0.4 is 5.32 Å². The summed E-state index contributed by atoms with van der Waals surface area (Å²) in [5.41, 5.74) is 4.11. The van der Waals surface area contributed by atoms with Gasteiger partial charge in [-0.1, -0.05) is 6.92 Å². The second-order valence-electron chi connectivity index (χ2n) is 5.00. The Kier molecular flexibility index (Phi) is 5.12. The lowest BCUT2D eigenvalue weighted by atomic mass is 10.2. The molecule has 0 aromatic carbocycles. The minimum absolute atomic E-state index is 0.667. The number of rotatable bonds is 5. The largest absolute Gasteiger partial charge is 0.354 e. The molecule has 6 heteroatoms. The molecule has 112 valence electrons. The monoisotopic (exact) mass is 303 g/mol. The van der Waals surface area contributed by atoms with E-state index in [4.69, 9.17) is 0 Å². The summed E-state index contributed by atoms with van der Waals surface area (Å²) in [5.74, 6) is 0.667. The highest BCUT2D eigenvalue weighted by atomic mass is 32.2. The van der Waals surface area contributed by atoms with Crippen LogP contribution in [0.3, 0.4) is 0 Å². The lowest BCUT2D eigenvalue weighted by Gasteiger charge is -2.08. The Morgan fingerprint density at radius 3 is 2.29 bits per heavy atom. The summed E-state index contributed by atoms with van der Waals surface area (Å²) < 4.78 is 0. The first-order chi connectivity index (χ1) is 9.99. The van der Waals surface area contributed by atoms with Crippen LogP contribution in [-0.4, -0.2) is 26.5 Å². The van der Waals surface area contributed by atoms with E-state index in [9.17, 15) is 0 Å². The summed E-state index contributed by atoms with van der Waals surface area (Å²) in [4.78, 5) is 17.9. The van der Waals surface area contributed by atoms with Gasteiger partial charge in [0.2, 0.25) is 5.95 Å². The van der Waals surface area contributed by atoms with Crippen LogP contribution in [0, 0.1) is 27.7 Å². The van der Waals surface area contributed by atoms with Gasteiger partial charge >= 0.3 is 0 Å². The molecule has 0 unspecified atom stereocenters. The van der Waals surface area contributed by atoms with E-state index in [0.29, 0.717) is 5.95 Å². The lowest BCUT2D eigenvalue weighted by molar-refractivity contribution is 0.874. The van der Waals surface area contributed by atoms with E-state index >= 15 is 0 Å². The molecule has 2 aromatic heterocycles. The number of nitrogens with one attached hydrogen (secondary N) is 1. The van der Waals surface area contributed by atoms with Crippen molar-refractivity contribution in [3.63, 3.8) is 0 Å². The lowest BCUT2D eigenvalue weighted by Crippen LogP contribution is -2.05. The number of aromatic nitrogens is 4. The third-order valence-corrected chi connectivity index (χ3v) is 3.96. The molecular weight excluding hydrogens is 282 g/mol. The first kappa shape index (κ1) is 15.7. The molecule has 0 spiro atoms. The van der Waals surface area contributed by atoms with Crippen LogP contribution in [0.1, 0.15) is 36.0 Å². The predicted molar refractivity (Wildman–Crippen MR) is 85.9 cm³/mol. The second kappa shape index (κ2) is 6.85. The Hall–Kier alpha value is -1.69. The summed E-state index contributed by atoms with van der Waals surface area (Å²) in [5, 5.41) is 4.81. The molecule has 0 amide bonds. The number of hydrogen-bond donors (Lipinski definition) is 1. The highest BCUT2D eigenvalue weighted by Gasteiger charge is 2.09. The van der Waals surface area contributed by atoms with Crippen LogP contribution in [0.5, 0.6) is 0 Å². The van der Waals surface area contributed by atoms with Gasteiger partial charge in [-0.3, -0.25) is 0 Å². The fraction of sp³-hybridized carbons (Fsp3) is 0.467. The van der Waals surface area contributed by atoms with E-state index < -0.39 is 0 Å². The molecule has 0 aliphatic heterocycles. The van der Waals surface area contributed by atoms with Crippen LogP contribution in [-0.2, 0) is 0 Å². The van der Waals surface area contributed by atoms with Crippen molar-refractivity contribution >= 4 is 17.7 Å². The van der Waals surface area contributed by atoms with Gasteiger partial charge in [0, 0.05) is 23.6 Å². The minimum Gasteiger partial charge on any atom is -0.354 e. The number of nitrogens with zero attached hydrogens (tertiary/aromatic N) is 4. The molecule has 0 saturated carbocycles. The molecule has 1 N–H and O–H groups in total. The molecule has 2 rings (SSSR count). The Labute approximate surface area is 130 Å². The molecule has 5 nitrogen and oxygen atoms in total. The van der Waals surface area contributed by atoms with Crippen molar-refractivity contribution < 1.29 is 0 Å². The van der Waals surface area contributed by atoms with Crippen molar-refractivity contribution in [1.29, 1.82) is 0 Å².